The summed E-state index contributed by atoms with van der Waals surface area (Å²) in [5, 5.41) is 0. The minimum Gasteiger partial charge on any atom is -0.341 e. The highest BCUT2D eigenvalue weighted by Gasteiger charge is 2.15. The third-order valence-electron chi connectivity index (χ3n) is 3.76. The maximum atomic E-state index is 5.86. The molecule has 2 heteroatoms. The highest BCUT2D eigenvalue weighted by Crippen LogP contribution is 2.32. The lowest BCUT2D eigenvalue weighted by Crippen LogP contribution is -2.17. The van der Waals surface area contributed by atoms with Gasteiger partial charge in [0.05, 0.1) is 0 Å². The molecule has 98 valence electrons. The van der Waals surface area contributed by atoms with Gasteiger partial charge in [-0.05, 0) is 48.6 Å². The molecule has 1 heterocycles. The quantitative estimate of drug-likeness (QED) is 0.702. The van der Waals surface area contributed by atoms with Gasteiger partial charge in [0.25, 0.3) is 0 Å². The van der Waals surface area contributed by atoms with Crippen molar-refractivity contribution in [1.82, 2.24) is 0 Å². The van der Waals surface area contributed by atoms with Gasteiger partial charge in [-0.1, -0.05) is 30.3 Å². The highest BCUT2D eigenvalue weighted by molar-refractivity contribution is 6.17. The second-order valence-corrected chi connectivity index (χ2v) is 5.30. The maximum absolute atomic E-state index is 5.86. The number of benzene rings is 2. The van der Waals surface area contributed by atoms with Crippen LogP contribution in [0.5, 0.6) is 0 Å². The van der Waals surface area contributed by atoms with Crippen molar-refractivity contribution in [2.75, 3.05) is 11.4 Å². The molecule has 0 saturated carbocycles. The van der Waals surface area contributed by atoms with Crippen molar-refractivity contribution >= 4 is 23.0 Å². The number of para-hydroxylation sites is 1. The lowest BCUT2D eigenvalue weighted by Gasteiger charge is -2.25. The predicted molar refractivity (Wildman–Crippen MR) is 82.4 cm³/mol. The summed E-state index contributed by atoms with van der Waals surface area (Å²) in [6.45, 7) is 1.09. The molecule has 2 aromatic carbocycles. The molecular weight excluding hydrogens is 254 g/mol. The molecule has 0 N–H and O–H groups in total. The van der Waals surface area contributed by atoms with Gasteiger partial charge >= 0.3 is 0 Å². The van der Waals surface area contributed by atoms with Gasteiger partial charge in [0, 0.05) is 23.8 Å². The number of hydrogen-bond acceptors (Lipinski definition) is 1. The molecule has 0 spiro atoms. The van der Waals surface area contributed by atoms with Crippen LogP contribution in [0.1, 0.15) is 24.0 Å². The van der Waals surface area contributed by atoms with Gasteiger partial charge in [-0.3, -0.25) is 0 Å². The van der Waals surface area contributed by atoms with Crippen molar-refractivity contribution in [3.63, 3.8) is 0 Å². The first kappa shape index (κ1) is 12.6. The Labute approximate surface area is 119 Å². The van der Waals surface area contributed by atoms with Crippen molar-refractivity contribution in [2.45, 2.75) is 25.1 Å². The van der Waals surface area contributed by atoms with Gasteiger partial charge in [-0.2, -0.15) is 0 Å². The summed E-state index contributed by atoms with van der Waals surface area (Å²) in [7, 11) is 0. The first-order valence-electron chi connectivity index (χ1n) is 6.89. The number of aryl methyl sites for hydroxylation is 1. The molecule has 0 atom stereocenters. The first-order valence-corrected chi connectivity index (χ1v) is 7.42. The Hall–Kier alpha value is -1.47. The van der Waals surface area contributed by atoms with E-state index in [2.05, 4.69) is 53.4 Å². The minimum absolute atomic E-state index is 0.580. The summed E-state index contributed by atoms with van der Waals surface area (Å²) in [4.78, 5) is 2.43. The summed E-state index contributed by atoms with van der Waals surface area (Å²) in [6, 6.07) is 17.4. The van der Waals surface area contributed by atoms with Gasteiger partial charge in [0.1, 0.15) is 0 Å². The van der Waals surface area contributed by atoms with Crippen LogP contribution in [0, 0.1) is 0 Å². The molecule has 1 aliphatic heterocycles. The van der Waals surface area contributed by atoms with Crippen molar-refractivity contribution in [2.24, 2.45) is 0 Å². The van der Waals surface area contributed by atoms with Crippen LogP contribution in [0.25, 0.3) is 0 Å². The number of anilines is 2. The molecule has 0 aliphatic carbocycles. The Bertz CT molecular complexity index is 547. The van der Waals surface area contributed by atoms with Crippen LogP contribution in [-0.2, 0) is 12.3 Å². The second-order valence-electron chi connectivity index (χ2n) is 5.04. The Morgan fingerprint density at radius 1 is 0.947 bits per heavy atom. The number of hydrogen-bond donors (Lipinski definition) is 0. The molecule has 0 amide bonds. The summed E-state index contributed by atoms with van der Waals surface area (Å²) in [5.41, 5.74) is 5.26. The molecule has 19 heavy (non-hydrogen) atoms. The van der Waals surface area contributed by atoms with E-state index in [1.54, 1.807) is 0 Å². The molecular formula is C17H18ClN. The molecule has 0 saturated heterocycles. The zero-order valence-corrected chi connectivity index (χ0v) is 11.7. The molecule has 0 fully saturated rings. The lowest BCUT2D eigenvalue weighted by atomic mass is 10.1. The van der Waals surface area contributed by atoms with Gasteiger partial charge in [-0.25, -0.2) is 0 Å². The van der Waals surface area contributed by atoms with E-state index in [1.165, 1.54) is 41.8 Å². The van der Waals surface area contributed by atoms with Gasteiger partial charge in [0.15, 0.2) is 0 Å². The third-order valence-corrected chi connectivity index (χ3v) is 4.07. The number of nitrogens with zero attached hydrogens (tertiary/aromatic N) is 1. The monoisotopic (exact) mass is 271 g/mol. The van der Waals surface area contributed by atoms with E-state index >= 15 is 0 Å². The number of halogens is 1. The molecule has 0 unspecified atom stereocenters. The summed E-state index contributed by atoms with van der Waals surface area (Å²) >= 11 is 5.86. The van der Waals surface area contributed by atoms with Crippen molar-refractivity contribution in [1.29, 1.82) is 0 Å². The predicted octanol–water partition coefficient (Wildman–Crippen LogP) is 4.90. The van der Waals surface area contributed by atoms with E-state index in [0.717, 1.165) is 6.54 Å². The Balaban J connectivity index is 1.99. The fourth-order valence-corrected chi connectivity index (χ4v) is 2.90. The summed E-state index contributed by atoms with van der Waals surface area (Å²) in [5.74, 6) is 0.580. The SMILES string of the molecule is ClCc1ccc(N2CCCCc3ccccc32)cc1. The van der Waals surface area contributed by atoms with Crippen molar-refractivity contribution < 1.29 is 0 Å². The standard InChI is InChI=1S/C17H18ClN/c18-13-14-8-10-16(11-9-14)19-12-4-3-6-15-5-1-2-7-17(15)19/h1-2,5,7-11H,3-4,6,12-13H2. The topological polar surface area (TPSA) is 3.24 Å². The Morgan fingerprint density at radius 2 is 1.74 bits per heavy atom. The average Bonchev–Trinajstić information content (AvgIpc) is 2.70. The fraction of sp³-hybridized carbons (Fsp3) is 0.294. The average molecular weight is 272 g/mol. The van der Waals surface area contributed by atoms with Crippen LogP contribution in [0.3, 0.4) is 0 Å². The van der Waals surface area contributed by atoms with Gasteiger partial charge in [-0.15, -0.1) is 11.6 Å². The second kappa shape index (κ2) is 5.66. The van der Waals surface area contributed by atoms with Gasteiger partial charge in [0.2, 0.25) is 0 Å². The van der Waals surface area contributed by atoms with Crippen LogP contribution >= 0.6 is 11.6 Å². The smallest absolute Gasteiger partial charge is 0.0474 e. The normalized spacial score (nSPS) is 14.9. The van der Waals surface area contributed by atoms with Crippen molar-refractivity contribution in [3.05, 3.63) is 59.7 Å². The van der Waals surface area contributed by atoms with E-state index in [0.29, 0.717) is 5.88 Å². The van der Waals surface area contributed by atoms with Crippen molar-refractivity contribution in [3.8, 4) is 0 Å². The molecule has 2 aromatic rings. The van der Waals surface area contributed by atoms with Crippen LogP contribution in [-0.4, -0.2) is 6.54 Å². The molecule has 3 rings (SSSR count). The third kappa shape index (κ3) is 2.62. The molecule has 1 nitrogen and oxygen atoms in total. The van der Waals surface area contributed by atoms with Crippen LogP contribution in [0.4, 0.5) is 11.4 Å². The number of fused-ring (bicyclic) bond motifs is 1. The van der Waals surface area contributed by atoms with E-state index < -0.39 is 0 Å². The zero-order chi connectivity index (χ0) is 13.1. The van der Waals surface area contributed by atoms with E-state index in [1.807, 2.05) is 0 Å². The fourth-order valence-electron chi connectivity index (χ4n) is 2.72. The van der Waals surface area contributed by atoms with Crippen LogP contribution < -0.4 is 4.90 Å². The Kier molecular flexibility index (Phi) is 3.74. The number of rotatable bonds is 2. The molecule has 0 aromatic heterocycles. The zero-order valence-electron chi connectivity index (χ0n) is 11.0. The molecule has 0 radical (unpaired) electrons. The Morgan fingerprint density at radius 3 is 2.53 bits per heavy atom. The lowest BCUT2D eigenvalue weighted by molar-refractivity contribution is 0.761. The highest BCUT2D eigenvalue weighted by atomic mass is 35.5. The molecule has 0 bridgehead atoms. The summed E-state index contributed by atoms with van der Waals surface area (Å²) in [6.07, 6.45) is 3.70. The van der Waals surface area contributed by atoms with E-state index in [-0.39, 0.29) is 0 Å². The van der Waals surface area contributed by atoms with E-state index in [9.17, 15) is 0 Å². The molecule has 1 aliphatic rings. The van der Waals surface area contributed by atoms with Crippen LogP contribution in [0.2, 0.25) is 0 Å². The number of alkyl halides is 1. The summed E-state index contributed by atoms with van der Waals surface area (Å²) < 4.78 is 0. The minimum atomic E-state index is 0.580. The largest absolute Gasteiger partial charge is 0.341 e. The van der Waals surface area contributed by atoms with Crippen LogP contribution in [0.15, 0.2) is 48.5 Å². The maximum Gasteiger partial charge on any atom is 0.0474 e. The van der Waals surface area contributed by atoms with E-state index in [4.69, 9.17) is 11.6 Å². The first-order chi connectivity index (χ1) is 9.38. The van der Waals surface area contributed by atoms with Gasteiger partial charge < -0.3 is 4.90 Å².